The highest BCUT2D eigenvalue weighted by Gasteiger charge is 2.41. The molecular weight excluding hydrogens is 324 g/mol. The van der Waals surface area contributed by atoms with E-state index in [1.165, 1.54) is 0 Å². The van der Waals surface area contributed by atoms with Crippen molar-refractivity contribution in [1.82, 2.24) is 9.97 Å². The van der Waals surface area contributed by atoms with E-state index in [4.69, 9.17) is 11.6 Å². The van der Waals surface area contributed by atoms with Gasteiger partial charge in [-0.15, -0.1) is 0 Å². The van der Waals surface area contributed by atoms with E-state index in [9.17, 15) is 4.79 Å². The molecule has 2 aromatic rings. The predicted octanol–water partition coefficient (Wildman–Crippen LogP) is 3.43. The van der Waals surface area contributed by atoms with Crippen LogP contribution in [0.4, 0.5) is 11.6 Å². The van der Waals surface area contributed by atoms with Crippen LogP contribution in [0, 0.1) is 0 Å². The van der Waals surface area contributed by atoms with E-state index in [0.29, 0.717) is 11.0 Å². The molecule has 24 heavy (non-hydrogen) atoms. The largest absolute Gasteiger partial charge is 0.347 e. The summed E-state index contributed by atoms with van der Waals surface area (Å²) < 4.78 is 0. The number of anilines is 2. The molecule has 6 heteroatoms. The van der Waals surface area contributed by atoms with Gasteiger partial charge in [0.1, 0.15) is 0 Å². The Morgan fingerprint density at radius 2 is 2.00 bits per heavy atom. The van der Waals surface area contributed by atoms with Crippen LogP contribution in [-0.2, 0) is 16.6 Å². The summed E-state index contributed by atoms with van der Waals surface area (Å²) in [6.45, 7) is 1.96. The molecule has 0 fully saturated rings. The van der Waals surface area contributed by atoms with Gasteiger partial charge in [-0.2, -0.15) is 0 Å². The highest BCUT2D eigenvalue weighted by Crippen LogP contribution is 2.37. The fraction of sp³-hybridized carbons (Fsp3) is 0.389. The van der Waals surface area contributed by atoms with Gasteiger partial charge in [0.2, 0.25) is 11.9 Å². The molecule has 0 spiro atoms. The number of amides is 1. The first kappa shape index (κ1) is 16.7. The van der Waals surface area contributed by atoms with Gasteiger partial charge in [-0.3, -0.25) is 4.79 Å². The number of halogens is 1. The molecule has 0 saturated heterocycles. The second-order valence-electron chi connectivity index (χ2n) is 6.58. The minimum atomic E-state index is -0.666. The minimum absolute atomic E-state index is 0.0471. The molecule has 0 saturated carbocycles. The van der Waals surface area contributed by atoms with E-state index < -0.39 is 5.41 Å². The summed E-state index contributed by atoms with van der Waals surface area (Å²) in [5.41, 5.74) is 1.96. The Labute approximate surface area is 147 Å². The first-order valence-electron chi connectivity index (χ1n) is 8.01. The third-order valence-corrected chi connectivity index (χ3v) is 4.75. The standard InChI is InChI=1S/C18H21ClN4O/c1-18(16(24)21-14-8-6-13(19)7-9-14)10-4-5-12-11-20-17(23(2)3)22-15(12)18/h6-9,11H,4-5,10H2,1-3H3,(H,21,24). The van der Waals surface area contributed by atoms with Crippen LogP contribution in [0.1, 0.15) is 31.0 Å². The molecule has 1 heterocycles. The van der Waals surface area contributed by atoms with Crippen molar-refractivity contribution in [3.8, 4) is 0 Å². The number of nitrogens with zero attached hydrogens (tertiary/aromatic N) is 3. The third kappa shape index (κ3) is 3.08. The Morgan fingerprint density at radius 3 is 2.67 bits per heavy atom. The topological polar surface area (TPSA) is 58.1 Å². The predicted molar refractivity (Wildman–Crippen MR) is 96.7 cm³/mol. The molecule has 1 N–H and O–H groups in total. The van der Waals surface area contributed by atoms with Crippen molar-refractivity contribution in [3.63, 3.8) is 0 Å². The maximum Gasteiger partial charge on any atom is 0.236 e. The Morgan fingerprint density at radius 1 is 1.29 bits per heavy atom. The lowest BCUT2D eigenvalue weighted by Crippen LogP contribution is -2.41. The number of benzene rings is 1. The van der Waals surface area contributed by atoms with E-state index >= 15 is 0 Å². The molecule has 0 bridgehead atoms. The van der Waals surface area contributed by atoms with Crippen molar-refractivity contribution < 1.29 is 4.79 Å². The molecule has 1 aliphatic rings. The molecule has 3 rings (SSSR count). The second-order valence-corrected chi connectivity index (χ2v) is 7.02. The van der Waals surface area contributed by atoms with Crippen LogP contribution in [0.25, 0.3) is 0 Å². The van der Waals surface area contributed by atoms with Gasteiger partial charge in [0.15, 0.2) is 0 Å². The van der Waals surface area contributed by atoms with Crippen molar-refractivity contribution in [3.05, 3.63) is 46.7 Å². The number of nitrogens with one attached hydrogen (secondary N) is 1. The molecule has 1 aromatic carbocycles. The number of fused-ring (bicyclic) bond motifs is 1. The summed E-state index contributed by atoms with van der Waals surface area (Å²) in [6.07, 6.45) is 4.48. The Bertz CT molecular complexity index is 760. The first-order chi connectivity index (χ1) is 11.4. The Balaban J connectivity index is 1.94. The normalized spacial score (nSPS) is 19.5. The molecule has 0 radical (unpaired) electrons. The lowest BCUT2D eigenvalue weighted by atomic mass is 9.74. The van der Waals surface area contributed by atoms with Crippen molar-refractivity contribution >= 4 is 29.1 Å². The van der Waals surface area contributed by atoms with Crippen LogP contribution in [-0.4, -0.2) is 30.0 Å². The molecule has 1 unspecified atom stereocenters. The van der Waals surface area contributed by atoms with Gasteiger partial charge in [-0.25, -0.2) is 9.97 Å². The third-order valence-electron chi connectivity index (χ3n) is 4.50. The molecule has 0 aliphatic heterocycles. The maximum atomic E-state index is 13.0. The van der Waals surface area contributed by atoms with Gasteiger partial charge >= 0.3 is 0 Å². The number of hydrogen-bond acceptors (Lipinski definition) is 4. The van der Waals surface area contributed by atoms with Crippen LogP contribution in [0.5, 0.6) is 0 Å². The summed E-state index contributed by atoms with van der Waals surface area (Å²) in [6, 6.07) is 7.14. The fourth-order valence-corrected chi connectivity index (χ4v) is 3.17. The zero-order chi connectivity index (χ0) is 17.3. The monoisotopic (exact) mass is 344 g/mol. The fourth-order valence-electron chi connectivity index (χ4n) is 3.05. The van der Waals surface area contributed by atoms with Gasteiger partial charge in [0.05, 0.1) is 11.1 Å². The Kier molecular flexibility index (Phi) is 4.45. The number of carbonyl (C=O) groups excluding carboxylic acids is 1. The average molecular weight is 345 g/mol. The first-order valence-corrected chi connectivity index (χ1v) is 8.39. The quantitative estimate of drug-likeness (QED) is 0.926. The number of aromatic nitrogens is 2. The second kappa shape index (κ2) is 6.40. The number of aryl methyl sites for hydroxylation is 1. The SMILES string of the molecule is CN(C)c1ncc2c(n1)C(C)(C(=O)Nc1ccc(Cl)cc1)CCC2. The van der Waals surface area contributed by atoms with Crippen molar-refractivity contribution in [1.29, 1.82) is 0 Å². The summed E-state index contributed by atoms with van der Waals surface area (Å²) >= 11 is 5.90. The maximum absolute atomic E-state index is 13.0. The number of rotatable bonds is 3. The van der Waals surface area contributed by atoms with Gasteiger partial charge in [-0.1, -0.05) is 11.6 Å². The smallest absolute Gasteiger partial charge is 0.236 e. The van der Waals surface area contributed by atoms with Crippen LogP contribution < -0.4 is 10.2 Å². The summed E-state index contributed by atoms with van der Waals surface area (Å²) in [4.78, 5) is 23.9. The van der Waals surface area contributed by atoms with Crippen LogP contribution in [0.3, 0.4) is 0 Å². The summed E-state index contributed by atoms with van der Waals surface area (Å²) in [7, 11) is 3.80. The number of hydrogen-bond donors (Lipinski definition) is 1. The van der Waals surface area contributed by atoms with Gasteiger partial charge < -0.3 is 10.2 Å². The zero-order valence-corrected chi connectivity index (χ0v) is 14.9. The molecule has 5 nitrogen and oxygen atoms in total. The average Bonchev–Trinajstić information content (AvgIpc) is 2.57. The highest BCUT2D eigenvalue weighted by atomic mass is 35.5. The van der Waals surface area contributed by atoms with Crippen LogP contribution in [0.15, 0.2) is 30.5 Å². The molecular formula is C18H21ClN4O. The molecule has 1 aromatic heterocycles. The van der Waals surface area contributed by atoms with E-state index in [0.717, 1.165) is 36.2 Å². The molecule has 1 aliphatic carbocycles. The van der Waals surface area contributed by atoms with Crippen LogP contribution >= 0.6 is 11.6 Å². The minimum Gasteiger partial charge on any atom is -0.347 e. The Hall–Kier alpha value is -2.14. The van der Waals surface area contributed by atoms with E-state index in [2.05, 4.69) is 15.3 Å². The summed E-state index contributed by atoms with van der Waals surface area (Å²) in [5, 5.41) is 3.64. The molecule has 126 valence electrons. The number of carbonyl (C=O) groups is 1. The van der Waals surface area contributed by atoms with Crippen molar-refractivity contribution in [2.45, 2.75) is 31.6 Å². The van der Waals surface area contributed by atoms with Crippen molar-refractivity contribution in [2.24, 2.45) is 0 Å². The summed E-state index contributed by atoms with van der Waals surface area (Å²) in [5.74, 6) is 0.579. The van der Waals surface area contributed by atoms with E-state index in [-0.39, 0.29) is 5.91 Å². The van der Waals surface area contributed by atoms with Crippen molar-refractivity contribution in [2.75, 3.05) is 24.3 Å². The highest BCUT2D eigenvalue weighted by molar-refractivity contribution is 6.30. The molecule has 1 amide bonds. The van der Waals surface area contributed by atoms with Gasteiger partial charge in [-0.05, 0) is 56.0 Å². The lowest BCUT2D eigenvalue weighted by Gasteiger charge is -2.33. The van der Waals surface area contributed by atoms with E-state index in [1.54, 1.807) is 24.3 Å². The molecule has 1 atom stereocenters. The van der Waals surface area contributed by atoms with Crippen LogP contribution in [0.2, 0.25) is 5.02 Å². The lowest BCUT2D eigenvalue weighted by molar-refractivity contribution is -0.121. The van der Waals surface area contributed by atoms with Gasteiger partial charge in [0.25, 0.3) is 0 Å². The van der Waals surface area contributed by atoms with E-state index in [1.807, 2.05) is 32.1 Å². The van der Waals surface area contributed by atoms with Gasteiger partial charge in [0, 0.05) is 31.0 Å². The zero-order valence-electron chi connectivity index (χ0n) is 14.1.